The quantitative estimate of drug-likeness (QED) is 0.821. The van der Waals surface area contributed by atoms with Gasteiger partial charge in [0.1, 0.15) is 0 Å². The Kier molecular flexibility index (Phi) is 4.30. The second-order valence-electron chi connectivity index (χ2n) is 4.23. The van der Waals surface area contributed by atoms with Gasteiger partial charge in [-0.1, -0.05) is 18.2 Å². The molecule has 0 heterocycles. The first-order valence-electron chi connectivity index (χ1n) is 5.39. The van der Waals surface area contributed by atoms with E-state index >= 15 is 0 Å². The largest absolute Gasteiger partial charge is 0.380 e. The van der Waals surface area contributed by atoms with Crippen LogP contribution in [0.15, 0.2) is 18.2 Å². The third-order valence-electron chi connectivity index (χ3n) is 3.02. The van der Waals surface area contributed by atoms with E-state index in [0.29, 0.717) is 0 Å². The van der Waals surface area contributed by atoms with Crippen LogP contribution >= 0.6 is 0 Å². The molecular weight excluding hydrogens is 186 g/mol. The van der Waals surface area contributed by atoms with Crippen molar-refractivity contribution in [3.05, 3.63) is 34.9 Å². The van der Waals surface area contributed by atoms with Gasteiger partial charge in [0.15, 0.2) is 0 Å². The molecule has 15 heavy (non-hydrogen) atoms. The molecule has 0 saturated heterocycles. The van der Waals surface area contributed by atoms with Crippen LogP contribution in [0.5, 0.6) is 0 Å². The lowest BCUT2D eigenvalue weighted by Crippen LogP contribution is -2.35. The zero-order chi connectivity index (χ0) is 11.4. The van der Waals surface area contributed by atoms with E-state index in [1.54, 1.807) is 7.11 Å². The van der Waals surface area contributed by atoms with Crippen molar-refractivity contribution in [3.8, 4) is 0 Å². The van der Waals surface area contributed by atoms with Gasteiger partial charge >= 0.3 is 0 Å². The number of benzene rings is 1. The van der Waals surface area contributed by atoms with Crippen LogP contribution in [0, 0.1) is 13.8 Å². The Balaban J connectivity index is 2.68. The molecule has 0 aliphatic carbocycles. The number of hydrogen-bond donors (Lipinski definition) is 1. The predicted octanol–water partition coefficient (Wildman–Crippen LogP) is 2.21. The van der Waals surface area contributed by atoms with E-state index in [2.05, 4.69) is 32.0 Å². The Morgan fingerprint density at radius 1 is 1.27 bits per heavy atom. The van der Waals surface area contributed by atoms with Crippen molar-refractivity contribution in [2.75, 3.05) is 7.11 Å². The summed E-state index contributed by atoms with van der Waals surface area (Å²) >= 11 is 0. The molecule has 1 aromatic carbocycles. The maximum atomic E-state index is 6.02. The molecule has 0 bridgehead atoms. The summed E-state index contributed by atoms with van der Waals surface area (Å²) in [6, 6.07) is 6.56. The van der Waals surface area contributed by atoms with E-state index in [1.807, 2.05) is 6.92 Å². The Morgan fingerprint density at radius 3 is 2.47 bits per heavy atom. The first-order chi connectivity index (χ1) is 7.04. The minimum absolute atomic E-state index is 0.0668. The van der Waals surface area contributed by atoms with Crippen LogP contribution in [0.25, 0.3) is 0 Å². The Labute approximate surface area is 92.4 Å². The number of aryl methyl sites for hydroxylation is 2. The molecule has 0 aliphatic heterocycles. The normalized spacial score (nSPS) is 15.0. The molecule has 2 atom stereocenters. The summed E-state index contributed by atoms with van der Waals surface area (Å²) in [5.74, 6) is 0. The summed E-state index contributed by atoms with van der Waals surface area (Å²) in [7, 11) is 1.70. The summed E-state index contributed by atoms with van der Waals surface area (Å²) in [6.07, 6.45) is 0.974. The molecule has 0 aromatic heterocycles. The van der Waals surface area contributed by atoms with Gasteiger partial charge in [-0.05, 0) is 43.9 Å². The average Bonchev–Trinajstić information content (AvgIpc) is 2.22. The van der Waals surface area contributed by atoms with Crippen LogP contribution in [0.3, 0.4) is 0 Å². The van der Waals surface area contributed by atoms with Gasteiger partial charge in [-0.2, -0.15) is 0 Å². The average molecular weight is 207 g/mol. The molecule has 0 aliphatic rings. The lowest BCUT2D eigenvalue weighted by Gasteiger charge is -2.18. The van der Waals surface area contributed by atoms with Crippen LogP contribution in [-0.4, -0.2) is 19.3 Å². The SMILES string of the molecule is COC(C)C(N)Cc1ccc(C)c(C)c1. The van der Waals surface area contributed by atoms with Crippen LogP contribution in [0.4, 0.5) is 0 Å². The zero-order valence-corrected chi connectivity index (χ0v) is 10.1. The van der Waals surface area contributed by atoms with Crippen LogP contribution in [0.2, 0.25) is 0 Å². The topological polar surface area (TPSA) is 35.2 Å². The van der Waals surface area contributed by atoms with E-state index in [1.165, 1.54) is 16.7 Å². The summed E-state index contributed by atoms with van der Waals surface area (Å²) in [5.41, 5.74) is 9.96. The minimum atomic E-state index is 0.0668. The van der Waals surface area contributed by atoms with Gasteiger partial charge in [-0.25, -0.2) is 0 Å². The van der Waals surface area contributed by atoms with Gasteiger partial charge in [0.25, 0.3) is 0 Å². The molecule has 0 amide bonds. The monoisotopic (exact) mass is 207 g/mol. The summed E-state index contributed by atoms with van der Waals surface area (Å²) in [6.45, 7) is 6.26. The molecule has 2 nitrogen and oxygen atoms in total. The van der Waals surface area contributed by atoms with Gasteiger partial charge in [-0.3, -0.25) is 0 Å². The molecule has 0 radical (unpaired) electrons. The number of hydrogen-bond acceptors (Lipinski definition) is 2. The van der Waals surface area contributed by atoms with Crippen molar-refractivity contribution in [2.24, 2.45) is 5.73 Å². The highest BCUT2D eigenvalue weighted by atomic mass is 16.5. The smallest absolute Gasteiger partial charge is 0.0697 e. The highest BCUT2D eigenvalue weighted by Crippen LogP contribution is 2.12. The predicted molar refractivity (Wildman–Crippen MR) is 64.1 cm³/mol. The third kappa shape index (κ3) is 3.33. The molecule has 0 fully saturated rings. The number of nitrogens with two attached hydrogens (primary N) is 1. The van der Waals surface area contributed by atoms with Crippen LogP contribution in [-0.2, 0) is 11.2 Å². The molecule has 2 unspecified atom stereocenters. The fourth-order valence-electron chi connectivity index (χ4n) is 1.54. The minimum Gasteiger partial charge on any atom is -0.380 e. The summed E-state index contributed by atoms with van der Waals surface area (Å²) in [4.78, 5) is 0. The first-order valence-corrected chi connectivity index (χ1v) is 5.39. The molecule has 0 saturated carbocycles. The number of methoxy groups -OCH3 is 1. The van der Waals surface area contributed by atoms with Crippen molar-refractivity contribution in [1.82, 2.24) is 0 Å². The van der Waals surface area contributed by atoms with Gasteiger partial charge in [0.05, 0.1) is 6.10 Å². The van der Waals surface area contributed by atoms with Gasteiger partial charge in [0.2, 0.25) is 0 Å². The summed E-state index contributed by atoms with van der Waals surface area (Å²) in [5, 5.41) is 0. The number of ether oxygens (including phenoxy) is 1. The molecule has 1 rings (SSSR count). The van der Waals surface area contributed by atoms with Crippen LogP contribution < -0.4 is 5.73 Å². The van der Waals surface area contributed by atoms with E-state index < -0.39 is 0 Å². The second kappa shape index (κ2) is 5.29. The van der Waals surface area contributed by atoms with E-state index in [0.717, 1.165) is 6.42 Å². The molecular formula is C13H21NO. The Morgan fingerprint density at radius 2 is 1.93 bits per heavy atom. The van der Waals surface area contributed by atoms with Crippen molar-refractivity contribution in [1.29, 1.82) is 0 Å². The zero-order valence-electron chi connectivity index (χ0n) is 10.1. The third-order valence-corrected chi connectivity index (χ3v) is 3.02. The van der Waals surface area contributed by atoms with Crippen molar-refractivity contribution in [2.45, 2.75) is 39.3 Å². The van der Waals surface area contributed by atoms with Crippen molar-refractivity contribution < 1.29 is 4.74 Å². The lowest BCUT2D eigenvalue weighted by atomic mass is 9.99. The molecule has 2 N–H and O–H groups in total. The van der Waals surface area contributed by atoms with E-state index in [4.69, 9.17) is 10.5 Å². The maximum Gasteiger partial charge on any atom is 0.0697 e. The fraction of sp³-hybridized carbons (Fsp3) is 0.538. The number of rotatable bonds is 4. The van der Waals surface area contributed by atoms with Crippen molar-refractivity contribution in [3.63, 3.8) is 0 Å². The second-order valence-corrected chi connectivity index (χ2v) is 4.23. The molecule has 84 valence electrons. The van der Waals surface area contributed by atoms with Gasteiger partial charge < -0.3 is 10.5 Å². The molecule has 1 aromatic rings. The highest BCUT2D eigenvalue weighted by Gasteiger charge is 2.12. The van der Waals surface area contributed by atoms with Gasteiger partial charge in [-0.15, -0.1) is 0 Å². The van der Waals surface area contributed by atoms with Crippen LogP contribution in [0.1, 0.15) is 23.6 Å². The lowest BCUT2D eigenvalue weighted by molar-refractivity contribution is 0.0956. The fourth-order valence-corrected chi connectivity index (χ4v) is 1.54. The Hall–Kier alpha value is -0.860. The highest BCUT2D eigenvalue weighted by molar-refractivity contribution is 5.30. The van der Waals surface area contributed by atoms with E-state index in [9.17, 15) is 0 Å². The van der Waals surface area contributed by atoms with Crippen molar-refractivity contribution >= 4 is 0 Å². The first kappa shape index (κ1) is 12.2. The molecule has 0 spiro atoms. The summed E-state index contributed by atoms with van der Waals surface area (Å²) < 4.78 is 5.21. The van der Waals surface area contributed by atoms with E-state index in [-0.39, 0.29) is 12.1 Å². The molecule has 2 heteroatoms. The Bertz CT molecular complexity index is 322. The standard InChI is InChI=1S/C13H21NO/c1-9-5-6-12(7-10(9)2)8-13(14)11(3)15-4/h5-7,11,13H,8,14H2,1-4H3. The van der Waals surface area contributed by atoms with Gasteiger partial charge in [0, 0.05) is 13.2 Å². The maximum absolute atomic E-state index is 6.02.